The average Bonchev–Trinajstić information content (AvgIpc) is 2.71. The zero-order valence-electron chi connectivity index (χ0n) is 18.1. The topological polar surface area (TPSA) is 110 Å². The fourth-order valence-corrected chi connectivity index (χ4v) is 3.86. The number of aromatic carboxylic acids is 1. The Balaban J connectivity index is 2.63. The van der Waals surface area contributed by atoms with Crippen LogP contribution in [0.25, 0.3) is 0 Å². The molecule has 0 aliphatic rings. The molecular formula is C21H22F6N2O5S. The molecule has 0 bridgehead atoms. The maximum Gasteiger partial charge on any atom is 0.389 e. The highest BCUT2D eigenvalue weighted by Gasteiger charge is 2.31. The first kappa shape index (κ1) is 28.2. The van der Waals surface area contributed by atoms with Crippen LogP contribution in [0.2, 0.25) is 0 Å². The summed E-state index contributed by atoms with van der Waals surface area (Å²) in [6.07, 6.45) is -12.7. The van der Waals surface area contributed by atoms with Crippen molar-refractivity contribution in [2.24, 2.45) is 5.14 Å². The second kappa shape index (κ2) is 11.2. The molecule has 0 aliphatic heterocycles. The largest absolute Gasteiger partial charge is 0.478 e. The summed E-state index contributed by atoms with van der Waals surface area (Å²) in [5, 5.41) is 14.7. The summed E-state index contributed by atoms with van der Waals surface area (Å²) in [5.41, 5.74) is -0.914. The molecule has 0 fully saturated rings. The van der Waals surface area contributed by atoms with E-state index in [0.29, 0.717) is 6.07 Å². The molecule has 0 aromatic heterocycles. The zero-order valence-corrected chi connectivity index (χ0v) is 18.9. The molecule has 14 heteroatoms. The van der Waals surface area contributed by atoms with Crippen LogP contribution in [-0.2, 0) is 10.0 Å². The third kappa shape index (κ3) is 9.28. The smallest absolute Gasteiger partial charge is 0.389 e. The Bertz CT molecular complexity index is 1100. The van der Waals surface area contributed by atoms with Gasteiger partial charge in [0.25, 0.3) is 0 Å². The molecule has 0 heterocycles. The minimum Gasteiger partial charge on any atom is -0.478 e. The number of alkyl halides is 6. The van der Waals surface area contributed by atoms with Crippen molar-refractivity contribution in [3.8, 4) is 11.5 Å². The predicted octanol–water partition coefficient (Wildman–Crippen LogP) is 5.32. The van der Waals surface area contributed by atoms with Crippen LogP contribution in [0.15, 0.2) is 47.4 Å². The van der Waals surface area contributed by atoms with E-state index in [4.69, 9.17) is 9.88 Å². The highest BCUT2D eigenvalue weighted by Crippen LogP contribution is 2.40. The summed E-state index contributed by atoms with van der Waals surface area (Å²) < 4.78 is 106. The molecule has 0 radical (unpaired) electrons. The summed E-state index contributed by atoms with van der Waals surface area (Å²) in [4.78, 5) is 11.9. The Morgan fingerprint density at radius 3 is 1.89 bits per heavy atom. The van der Waals surface area contributed by atoms with Crippen molar-refractivity contribution in [1.29, 1.82) is 0 Å². The van der Waals surface area contributed by atoms with Gasteiger partial charge in [-0.15, -0.1) is 0 Å². The van der Waals surface area contributed by atoms with Gasteiger partial charge in [0, 0.05) is 25.9 Å². The summed E-state index contributed by atoms with van der Waals surface area (Å²) in [6.45, 7) is -0.925. The molecule has 3 N–H and O–H groups in total. The fourth-order valence-electron chi connectivity index (χ4n) is 3.16. The van der Waals surface area contributed by atoms with E-state index in [-0.39, 0.29) is 11.4 Å². The lowest BCUT2D eigenvalue weighted by Gasteiger charge is -2.28. The number of carboxylic acids is 1. The van der Waals surface area contributed by atoms with Gasteiger partial charge in [-0.05, 0) is 37.1 Å². The summed E-state index contributed by atoms with van der Waals surface area (Å²) >= 11 is 0. The predicted molar refractivity (Wildman–Crippen MR) is 114 cm³/mol. The minimum atomic E-state index is -4.63. The van der Waals surface area contributed by atoms with Gasteiger partial charge in [-0.1, -0.05) is 18.2 Å². The minimum absolute atomic E-state index is 0.0762. The molecule has 35 heavy (non-hydrogen) atoms. The fraction of sp³-hybridized carbons (Fsp3) is 0.381. The molecule has 0 atom stereocenters. The summed E-state index contributed by atoms with van der Waals surface area (Å²) in [7, 11) is -4.63. The molecule has 0 saturated heterocycles. The molecule has 194 valence electrons. The van der Waals surface area contributed by atoms with Crippen LogP contribution in [0.4, 0.5) is 32.0 Å². The quantitative estimate of drug-likeness (QED) is 0.382. The molecular weight excluding hydrogens is 506 g/mol. The Hall–Kier alpha value is -3.00. The van der Waals surface area contributed by atoms with Gasteiger partial charge < -0.3 is 14.7 Å². The lowest BCUT2D eigenvalue weighted by atomic mass is 10.1. The highest BCUT2D eigenvalue weighted by atomic mass is 32.2. The Morgan fingerprint density at radius 2 is 1.46 bits per heavy atom. The van der Waals surface area contributed by atoms with E-state index >= 15 is 0 Å². The molecule has 0 aliphatic carbocycles. The number of nitrogens with zero attached hydrogens (tertiary/aromatic N) is 1. The van der Waals surface area contributed by atoms with Gasteiger partial charge in [-0.3, -0.25) is 0 Å². The van der Waals surface area contributed by atoms with Crippen molar-refractivity contribution in [2.75, 3.05) is 18.0 Å². The number of carboxylic acid groups (broad SMARTS) is 1. The molecule has 0 unspecified atom stereocenters. The van der Waals surface area contributed by atoms with Gasteiger partial charge in [-0.25, -0.2) is 18.4 Å². The van der Waals surface area contributed by atoms with Crippen LogP contribution in [0, 0.1) is 0 Å². The number of hydrogen-bond acceptors (Lipinski definition) is 5. The van der Waals surface area contributed by atoms with Crippen LogP contribution < -0.4 is 14.8 Å². The first-order chi connectivity index (χ1) is 16.1. The van der Waals surface area contributed by atoms with Crippen LogP contribution in [0.3, 0.4) is 0 Å². The van der Waals surface area contributed by atoms with Gasteiger partial charge in [0.1, 0.15) is 10.6 Å². The Morgan fingerprint density at radius 1 is 0.943 bits per heavy atom. The van der Waals surface area contributed by atoms with Crippen LogP contribution in [0.5, 0.6) is 11.5 Å². The van der Waals surface area contributed by atoms with Crippen molar-refractivity contribution in [2.45, 2.75) is 42.9 Å². The number of primary sulfonamides is 1. The van der Waals surface area contributed by atoms with Gasteiger partial charge in [0.05, 0.1) is 11.3 Å². The normalized spacial score (nSPS) is 12.4. The van der Waals surface area contributed by atoms with Crippen molar-refractivity contribution < 1.29 is 49.4 Å². The monoisotopic (exact) mass is 528 g/mol. The standard InChI is InChI=1S/C21H22F6N2O5S/c22-20(23,24)8-4-10-29(11-5-9-21(25,26)27)16-12-14(19(30)31)13-17(35(28,32)33)18(16)34-15-6-2-1-3-7-15/h1-3,6-7,12-13H,4-5,8-11H2,(H,30,31)(H2,28,32,33). The number of para-hydroxylation sites is 1. The third-order valence-corrected chi connectivity index (χ3v) is 5.59. The summed E-state index contributed by atoms with van der Waals surface area (Å²) in [5.74, 6) is -2.03. The number of nitrogens with two attached hydrogens (primary N) is 1. The van der Waals surface area contributed by atoms with E-state index in [1.165, 1.54) is 24.3 Å². The second-order valence-electron chi connectivity index (χ2n) is 7.51. The van der Waals surface area contributed by atoms with Crippen LogP contribution in [-0.4, -0.2) is 44.9 Å². The van der Waals surface area contributed by atoms with E-state index in [9.17, 15) is 44.7 Å². The average molecular weight is 528 g/mol. The van der Waals surface area contributed by atoms with E-state index in [2.05, 4.69) is 0 Å². The Kier molecular flexibility index (Phi) is 9.00. The van der Waals surface area contributed by atoms with Crippen molar-refractivity contribution in [3.63, 3.8) is 0 Å². The number of halogens is 6. The molecule has 0 amide bonds. The maximum absolute atomic E-state index is 12.7. The number of hydrogen-bond donors (Lipinski definition) is 2. The molecule has 2 aromatic rings. The number of benzene rings is 2. The number of rotatable bonds is 11. The van der Waals surface area contributed by atoms with Gasteiger partial charge in [0.15, 0.2) is 5.75 Å². The van der Waals surface area contributed by atoms with Gasteiger partial charge >= 0.3 is 18.3 Å². The van der Waals surface area contributed by atoms with Gasteiger partial charge in [-0.2, -0.15) is 26.3 Å². The second-order valence-corrected chi connectivity index (χ2v) is 9.04. The molecule has 0 saturated carbocycles. The molecule has 7 nitrogen and oxygen atoms in total. The lowest BCUT2D eigenvalue weighted by molar-refractivity contribution is -0.135. The number of carbonyl (C=O) groups is 1. The highest BCUT2D eigenvalue weighted by molar-refractivity contribution is 7.89. The summed E-state index contributed by atoms with van der Waals surface area (Å²) in [6, 6.07) is 9.14. The maximum atomic E-state index is 12.7. The van der Waals surface area contributed by atoms with E-state index in [1.54, 1.807) is 6.07 Å². The Labute approximate surface area is 197 Å². The van der Waals surface area contributed by atoms with Gasteiger partial charge in [0.2, 0.25) is 10.0 Å². The first-order valence-electron chi connectivity index (χ1n) is 10.1. The molecule has 2 rings (SSSR count). The van der Waals surface area contributed by atoms with E-state index in [1.807, 2.05) is 0 Å². The van der Waals surface area contributed by atoms with Crippen LogP contribution in [0.1, 0.15) is 36.0 Å². The first-order valence-corrected chi connectivity index (χ1v) is 11.7. The van der Waals surface area contributed by atoms with Crippen LogP contribution >= 0.6 is 0 Å². The van der Waals surface area contributed by atoms with E-state index in [0.717, 1.165) is 11.0 Å². The molecule has 0 spiro atoms. The van der Waals surface area contributed by atoms with E-state index < -0.39 is 83.3 Å². The SMILES string of the molecule is NS(=O)(=O)c1cc(C(=O)O)cc(N(CCCC(F)(F)F)CCCC(F)(F)F)c1Oc1ccccc1. The number of ether oxygens (including phenoxy) is 1. The number of sulfonamides is 1. The third-order valence-electron chi connectivity index (χ3n) is 4.67. The lowest BCUT2D eigenvalue weighted by Crippen LogP contribution is -2.29. The number of anilines is 1. The van der Waals surface area contributed by atoms with Crippen molar-refractivity contribution in [1.82, 2.24) is 0 Å². The van der Waals surface area contributed by atoms with Crippen molar-refractivity contribution >= 4 is 21.7 Å². The van der Waals surface area contributed by atoms with Crippen molar-refractivity contribution in [3.05, 3.63) is 48.0 Å². The zero-order chi connectivity index (χ0) is 26.4. The molecule has 2 aromatic carbocycles.